The number of hydrogen-bond donors (Lipinski definition) is 2. The van der Waals surface area contributed by atoms with Gasteiger partial charge in [-0.1, -0.05) is 17.7 Å². The van der Waals surface area contributed by atoms with Crippen LogP contribution in [0.2, 0.25) is 5.02 Å². The lowest BCUT2D eigenvalue weighted by molar-refractivity contribution is -0.0690. The molecule has 3 aromatic heterocycles. The molecule has 0 amide bonds. The maximum atomic E-state index is 13.7. The third-order valence-electron chi connectivity index (χ3n) is 6.13. The van der Waals surface area contributed by atoms with Crippen molar-refractivity contribution in [2.75, 3.05) is 18.4 Å². The van der Waals surface area contributed by atoms with Crippen LogP contribution in [0.4, 0.5) is 24.8 Å². The highest BCUT2D eigenvalue weighted by Crippen LogP contribution is 2.33. The minimum atomic E-state index is -3.32. The van der Waals surface area contributed by atoms with Crippen LogP contribution in [0.15, 0.2) is 43.1 Å². The van der Waals surface area contributed by atoms with Crippen LogP contribution in [0.3, 0.4) is 0 Å². The largest absolute Gasteiger partial charge is 0.487 e. The second kappa shape index (κ2) is 12.5. The minimum absolute atomic E-state index is 0.0176. The smallest absolute Gasteiger partial charge is 0.304 e. The average Bonchev–Trinajstić information content (AvgIpc) is 3.61. The summed E-state index contributed by atoms with van der Waals surface area (Å²) in [6, 6.07) is 5.29. The van der Waals surface area contributed by atoms with E-state index in [0.717, 1.165) is 31.5 Å². The third kappa shape index (κ3) is 6.77. The van der Waals surface area contributed by atoms with Gasteiger partial charge in [0.25, 0.3) is 12.2 Å². The van der Waals surface area contributed by atoms with Gasteiger partial charge in [-0.2, -0.15) is 4.39 Å². The van der Waals surface area contributed by atoms with Gasteiger partial charge < -0.3 is 20.1 Å². The molecule has 0 aliphatic carbocycles. The maximum Gasteiger partial charge on any atom is 0.304 e. The van der Waals surface area contributed by atoms with E-state index in [0.29, 0.717) is 22.9 Å². The summed E-state index contributed by atoms with van der Waals surface area (Å²) in [6.45, 7) is 3.86. The molecule has 0 bridgehead atoms. The zero-order valence-electron chi connectivity index (χ0n) is 21.3. The van der Waals surface area contributed by atoms with Crippen LogP contribution in [0, 0.1) is 0 Å². The Balaban J connectivity index is 1.31. The fraction of sp³-hybridized carbons (Fsp3) is 0.417. The van der Waals surface area contributed by atoms with E-state index in [2.05, 4.69) is 41.2 Å². The Hall–Kier alpha value is -3.98. The molecule has 12 nitrogen and oxygen atoms in total. The van der Waals surface area contributed by atoms with Gasteiger partial charge in [-0.25, -0.2) is 23.4 Å². The van der Waals surface area contributed by atoms with Gasteiger partial charge in [-0.05, 0) is 61.0 Å². The number of hydrogen-bond acceptors (Lipinski definition) is 10. The zero-order valence-corrected chi connectivity index (χ0v) is 22.0. The van der Waals surface area contributed by atoms with Gasteiger partial charge in [0, 0.05) is 18.0 Å². The topological polar surface area (TPSA) is 130 Å². The summed E-state index contributed by atoms with van der Waals surface area (Å²) < 4.78 is 53.3. The Morgan fingerprint density at radius 1 is 1.12 bits per heavy atom. The highest BCUT2D eigenvalue weighted by atomic mass is 35.5. The number of nitrogens with one attached hydrogen (secondary N) is 2. The summed E-state index contributed by atoms with van der Waals surface area (Å²) in [7, 11) is 0. The number of alkyl halides is 3. The number of ether oxygens (including phenoxy) is 2. The van der Waals surface area contributed by atoms with E-state index in [1.807, 2.05) is 6.92 Å². The molecule has 1 aromatic carbocycles. The van der Waals surface area contributed by atoms with Gasteiger partial charge in [-0.3, -0.25) is 4.68 Å². The first-order chi connectivity index (χ1) is 19.4. The molecular weight excluding hydrogens is 553 g/mol. The third-order valence-corrected chi connectivity index (χ3v) is 6.44. The summed E-state index contributed by atoms with van der Waals surface area (Å²) in [5.74, 6) is 0.314. The van der Waals surface area contributed by atoms with E-state index >= 15 is 0 Å². The van der Waals surface area contributed by atoms with E-state index in [4.69, 9.17) is 21.1 Å². The number of piperidine rings is 1. The van der Waals surface area contributed by atoms with Crippen LogP contribution in [0.5, 0.6) is 11.6 Å². The second-order valence-electron chi connectivity index (χ2n) is 9.14. The van der Waals surface area contributed by atoms with Crippen molar-refractivity contribution in [1.82, 2.24) is 45.3 Å². The van der Waals surface area contributed by atoms with Crippen molar-refractivity contribution in [3.05, 3.63) is 48.1 Å². The first kappa shape index (κ1) is 27.6. The Morgan fingerprint density at radius 2 is 1.90 bits per heavy atom. The van der Waals surface area contributed by atoms with Crippen molar-refractivity contribution in [3.63, 3.8) is 0 Å². The van der Waals surface area contributed by atoms with E-state index in [9.17, 15) is 13.2 Å². The Labute approximate surface area is 231 Å². The SMILES string of the molecule is CC(Cn1cnnn1)Oc1cc(-c2cnc(Nc3cn(C4CCNCC4)nc3OC(F)C(F)F)nc2)ccc1Cl. The van der Waals surface area contributed by atoms with Crippen LogP contribution < -0.4 is 20.1 Å². The zero-order chi connectivity index (χ0) is 28.1. The monoisotopic (exact) mass is 578 g/mol. The van der Waals surface area contributed by atoms with E-state index in [1.165, 1.54) is 6.33 Å². The summed E-state index contributed by atoms with van der Waals surface area (Å²) in [6.07, 6.45) is 1.37. The van der Waals surface area contributed by atoms with E-state index < -0.39 is 12.8 Å². The molecule has 2 N–H and O–H groups in total. The Morgan fingerprint density at radius 3 is 2.60 bits per heavy atom. The van der Waals surface area contributed by atoms with Gasteiger partial charge >= 0.3 is 6.43 Å². The number of rotatable bonds is 11. The number of anilines is 2. The van der Waals surface area contributed by atoms with Crippen molar-refractivity contribution >= 4 is 23.2 Å². The van der Waals surface area contributed by atoms with E-state index in [-0.39, 0.29) is 29.7 Å². The summed E-state index contributed by atoms with van der Waals surface area (Å²) >= 11 is 6.34. The molecule has 2 atom stereocenters. The Kier molecular flexibility index (Phi) is 8.60. The molecule has 16 heteroatoms. The van der Waals surface area contributed by atoms with Gasteiger partial charge in [0.1, 0.15) is 23.9 Å². The van der Waals surface area contributed by atoms with Gasteiger partial charge in [0.15, 0.2) is 0 Å². The summed E-state index contributed by atoms with van der Waals surface area (Å²) in [5.41, 5.74) is 1.59. The predicted octanol–water partition coefficient (Wildman–Crippen LogP) is 4.06. The van der Waals surface area contributed by atoms with Crippen molar-refractivity contribution in [3.8, 4) is 22.8 Å². The number of aromatic nitrogens is 8. The molecule has 40 heavy (non-hydrogen) atoms. The first-order valence-corrected chi connectivity index (χ1v) is 12.9. The fourth-order valence-electron chi connectivity index (χ4n) is 4.18. The maximum absolute atomic E-state index is 13.7. The Bertz CT molecular complexity index is 1380. The van der Waals surface area contributed by atoms with Crippen LogP contribution in [0.1, 0.15) is 25.8 Å². The lowest BCUT2D eigenvalue weighted by atomic mass is 10.1. The molecule has 2 unspecified atom stereocenters. The van der Waals surface area contributed by atoms with Gasteiger partial charge in [0.05, 0.1) is 23.8 Å². The van der Waals surface area contributed by atoms with Gasteiger partial charge in [-0.15, -0.1) is 10.2 Å². The fourth-order valence-corrected chi connectivity index (χ4v) is 4.34. The van der Waals surface area contributed by atoms with Crippen molar-refractivity contribution in [2.45, 2.75) is 51.2 Å². The second-order valence-corrected chi connectivity index (χ2v) is 9.55. The number of halogens is 4. The lowest BCUT2D eigenvalue weighted by Crippen LogP contribution is -2.29. The quantitative estimate of drug-likeness (QED) is 0.269. The number of benzene rings is 1. The average molecular weight is 579 g/mol. The molecule has 1 aliphatic rings. The molecule has 1 aliphatic heterocycles. The van der Waals surface area contributed by atoms with Crippen molar-refractivity contribution in [2.24, 2.45) is 0 Å². The highest BCUT2D eigenvalue weighted by molar-refractivity contribution is 6.32. The number of nitrogens with zero attached hydrogens (tertiary/aromatic N) is 8. The van der Waals surface area contributed by atoms with E-state index in [1.54, 1.807) is 46.2 Å². The minimum Gasteiger partial charge on any atom is -0.487 e. The molecule has 0 saturated carbocycles. The summed E-state index contributed by atoms with van der Waals surface area (Å²) in [4.78, 5) is 8.65. The molecule has 4 aromatic rings. The van der Waals surface area contributed by atoms with Crippen LogP contribution >= 0.6 is 11.6 Å². The van der Waals surface area contributed by atoms with Crippen LogP contribution in [-0.2, 0) is 6.54 Å². The first-order valence-electron chi connectivity index (χ1n) is 12.5. The predicted molar refractivity (Wildman–Crippen MR) is 139 cm³/mol. The molecule has 0 spiro atoms. The van der Waals surface area contributed by atoms with Crippen molar-refractivity contribution < 1.29 is 22.6 Å². The van der Waals surface area contributed by atoms with Crippen molar-refractivity contribution in [1.29, 1.82) is 0 Å². The molecule has 212 valence electrons. The van der Waals surface area contributed by atoms with Crippen LogP contribution in [0.25, 0.3) is 11.1 Å². The molecule has 1 fully saturated rings. The number of tetrazole rings is 1. The summed E-state index contributed by atoms with van der Waals surface area (Å²) in [5, 5.41) is 21.8. The standard InChI is InChI=1S/C24H26ClF3N10O2/c1-14(11-37-13-32-35-36-37)39-20-8-15(2-3-18(20)25)16-9-30-24(31-10-16)33-19-12-38(17-4-6-29-7-5-17)34-23(19)40-22(28)21(26)27/h2-3,8-10,12-14,17,21-22,29H,4-7,11H2,1H3,(H,30,31,33). The molecule has 4 heterocycles. The molecule has 1 saturated heterocycles. The lowest BCUT2D eigenvalue weighted by Gasteiger charge is -2.22. The van der Waals surface area contributed by atoms with Gasteiger partial charge in [0.2, 0.25) is 5.95 Å². The molecule has 5 rings (SSSR count). The molecule has 0 radical (unpaired) electrons. The molecular formula is C24H26ClF3N10O2. The highest BCUT2D eigenvalue weighted by Gasteiger charge is 2.26. The van der Waals surface area contributed by atoms with Crippen LogP contribution in [-0.4, -0.2) is 71.9 Å². The normalized spacial score (nSPS) is 15.7.